The molecule has 11 heteroatoms. The molecule has 1 aliphatic heterocycles. The smallest absolute Gasteiger partial charge is 0.320 e. The van der Waals surface area contributed by atoms with Gasteiger partial charge in [-0.05, 0) is 44.2 Å². The molecule has 36 heavy (non-hydrogen) atoms. The molecule has 4 rings (SSSR count). The average molecular weight is 514 g/mol. The topological polar surface area (TPSA) is 106 Å². The van der Waals surface area contributed by atoms with E-state index in [1.807, 2.05) is 18.7 Å². The maximum atomic E-state index is 13.5. The van der Waals surface area contributed by atoms with Gasteiger partial charge in [0.2, 0.25) is 5.91 Å². The number of hydrogen-bond donors (Lipinski definition) is 2. The van der Waals surface area contributed by atoms with E-state index in [9.17, 15) is 14.0 Å². The summed E-state index contributed by atoms with van der Waals surface area (Å²) in [6, 6.07) is 7.60. The molecule has 1 aliphatic rings. The van der Waals surface area contributed by atoms with Crippen LogP contribution in [0, 0.1) is 5.82 Å². The van der Waals surface area contributed by atoms with Gasteiger partial charge in [-0.2, -0.15) is 0 Å². The first-order chi connectivity index (χ1) is 17.1. The third-order valence-electron chi connectivity index (χ3n) is 5.37. The number of fused-ring (bicyclic) bond motifs is 1. The van der Waals surface area contributed by atoms with Crippen LogP contribution in [0.2, 0.25) is 5.02 Å². The number of morpholine rings is 1. The zero-order valence-electron chi connectivity index (χ0n) is 19.8. The Morgan fingerprint density at radius 1 is 1.33 bits per heavy atom. The van der Waals surface area contributed by atoms with Crippen molar-refractivity contribution in [1.82, 2.24) is 14.9 Å². The molecule has 2 heterocycles. The molecule has 1 saturated heterocycles. The van der Waals surface area contributed by atoms with E-state index in [0.29, 0.717) is 46.9 Å². The van der Waals surface area contributed by atoms with Crippen molar-refractivity contribution in [1.29, 1.82) is 0 Å². The second-order valence-corrected chi connectivity index (χ2v) is 9.24. The molecule has 0 unspecified atom stereocenters. The molecule has 9 nitrogen and oxygen atoms in total. The summed E-state index contributed by atoms with van der Waals surface area (Å²) in [5, 5.41) is 6.40. The summed E-state index contributed by atoms with van der Waals surface area (Å²) >= 11 is 5.90. The second-order valence-electron chi connectivity index (χ2n) is 8.83. The van der Waals surface area contributed by atoms with Gasteiger partial charge in [0.25, 0.3) is 0 Å². The summed E-state index contributed by atoms with van der Waals surface area (Å²) in [6.07, 6.45) is 2.53. The van der Waals surface area contributed by atoms with Gasteiger partial charge in [0.1, 0.15) is 35.9 Å². The SMILES string of the molecule is C=CC(=O)Nc1cc2c(Nc3ccc(F)c(Cl)c3)ncnc2cc1OCCN1CC(=O)OC(C)(C)C1. The van der Waals surface area contributed by atoms with Gasteiger partial charge in [-0.3, -0.25) is 14.5 Å². The molecule has 0 radical (unpaired) electrons. The summed E-state index contributed by atoms with van der Waals surface area (Å²) in [7, 11) is 0. The summed E-state index contributed by atoms with van der Waals surface area (Å²) < 4.78 is 24.9. The maximum absolute atomic E-state index is 13.5. The zero-order valence-corrected chi connectivity index (χ0v) is 20.6. The highest BCUT2D eigenvalue weighted by atomic mass is 35.5. The van der Waals surface area contributed by atoms with Gasteiger partial charge < -0.3 is 20.1 Å². The van der Waals surface area contributed by atoms with Crippen molar-refractivity contribution in [3.05, 3.63) is 60.2 Å². The molecule has 0 spiro atoms. The van der Waals surface area contributed by atoms with E-state index in [1.165, 1.54) is 24.5 Å². The Hall–Kier alpha value is -3.76. The van der Waals surface area contributed by atoms with Crippen molar-refractivity contribution in [2.24, 2.45) is 0 Å². The van der Waals surface area contributed by atoms with Crippen LogP contribution in [-0.2, 0) is 14.3 Å². The van der Waals surface area contributed by atoms with Crippen molar-refractivity contribution in [3.63, 3.8) is 0 Å². The number of rotatable bonds is 8. The number of nitrogens with zero attached hydrogens (tertiary/aromatic N) is 3. The quantitative estimate of drug-likeness (QED) is 0.339. The van der Waals surface area contributed by atoms with Crippen molar-refractivity contribution in [2.45, 2.75) is 19.4 Å². The standard InChI is InChI=1S/C25H25ClFN5O4/c1-4-22(33)31-20-10-16-19(28-14-29-24(16)30-15-5-6-18(27)17(26)9-15)11-21(20)35-8-7-32-12-23(34)36-25(2,3)13-32/h4-6,9-11,14H,1,7-8,12-13H2,2-3H3,(H,31,33)(H,28,29,30). The molecule has 2 N–H and O–H groups in total. The van der Waals surface area contributed by atoms with Crippen LogP contribution in [0.25, 0.3) is 10.9 Å². The number of carbonyl (C=O) groups excluding carboxylic acids is 2. The summed E-state index contributed by atoms with van der Waals surface area (Å²) in [5.41, 5.74) is 0.897. The first kappa shape index (κ1) is 25.3. The van der Waals surface area contributed by atoms with E-state index >= 15 is 0 Å². The second kappa shape index (κ2) is 10.5. The number of anilines is 3. The van der Waals surface area contributed by atoms with Crippen molar-refractivity contribution in [2.75, 3.05) is 36.9 Å². The van der Waals surface area contributed by atoms with Gasteiger partial charge in [-0.1, -0.05) is 18.2 Å². The Balaban J connectivity index is 1.59. The van der Waals surface area contributed by atoms with Gasteiger partial charge in [-0.15, -0.1) is 0 Å². The number of esters is 1. The molecule has 0 bridgehead atoms. The Labute approximate surface area is 212 Å². The molecule has 0 saturated carbocycles. The summed E-state index contributed by atoms with van der Waals surface area (Å²) in [5.74, 6) is -0.411. The molecule has 0 atom stereocenters. The predicted octanol–water partition coefficient (Wildman–Crippen LogP) is 4.31. The number of benzene rings is 2. The first-order valence-corrected chi connectivity index (χ1v) is 11.5. The van der Waals surface area contributed by atoms with E-state index in [0.717, 1.165) is 6.08 Å². The Morgan fingerprint density at radius 3 is 2.86 bits per heavy atom. The number of ether oxygens (including phenoxy) is 2. The average Bonchev–Trinajstić information content (AvgIpc) is 2.80. The fourth-order valence-corrected chi connectivity index (χ4v) is 4.07. The molecular formula is C25H25ClFN5O4. The molecule has 0 aliphatic carbocycles. The highest BCUT2D eigenvalue weighted by Gasteiger charge is 2.32. The monoisotopic (exact) mass is 513 g/mol. The molecule has 3 aromatic rings. The fraction of sp³-hybridized carbons (Fsp3) is 0.280. The minimum atomic E-state index is -0.573. The van der Waals surface area contributed by atoms with Crippen LogP contribution in [0.3, 0.4) is 0 Å². The number of amides is 1. The Kier molecular flexibility index (Phi) is 7.37. The molecule has 188 valence electrons. The van der Waals surface area contributed by atoms with E-state index in [4.69, 9.17) is 21.1 Å². The highest BCUT2D eigenvalue weighted by Crippen LogP contribution is 2.34. The van der Waals surface area contributed by atoms with E-state index in [1.54, 1.807) is 12.1 Å². The minimum Gasteiger partial charge on any atom is -0.490 e. The minimum absolute atomic E-state index is 0.0293. The number of carbonyl (C=O) groups is 2. The summed E-state index contributed by atoms with van der Waals surface area (Å²) in [4.78, 5) is 34.5. The van der Waals surface area contributed by atoms with Gasteiger partial charge in [-0.25, -0.2) is 14.4 Å². The van der Waals surface area contributed by atoms with E-state index < -0.39 is 17.3 Å². The van der Waals surface area contributed by atoms with E-state index in [2.05, 4.69) is 27.2 Å². The van der Waals surface area contributed by atoms with Crippen molar-refractivity contribution >= 4 is 51.6 Å². The van der Waals surface area contributed by atoms with Crippen LogP contribution in [0.4, 0.5) is 21.6 Å². The largest absolute Gasteiger partial charge is 0.490 e. The third-order valence-corrected chi connectivity index (χ3v) is 5.66. The van der Waals surface area contributed by atoms with Crippen LogP contribution in [0.15, 0.2) is 49.3 Å². The number of cyclic esters (lactones) is 1. The number of nitrogens with one attached hydrogen (secondary N) is 2. The summed E-state index contributed by atoms with van der Waals surface area (Å²) in [6.45, 7) is 8.71. The van der Waals surface area contributed by atoms with Crippen molar-refractivity contribution < 1.29 is 23.5 Å². The number of aromatic nitrogens is 2. The van der Waals surface area contributed by atoms with Crippen molar-refractivity contribution in [3.8, 4) is 5.75 Å². The fourth-order valence-electron chi connectivity index (χ4n) is 3.89. The van der Waals surface area contributed by atoms with Crippen LogP contribution < -0.4 is 15.4 Å². The van der Waals surface area contributed by atoms with Gasteiger partial charge in [0, 0.05) is 30.2 Å². The normalized spacial score (nSPS) is 15.3. The molecule has 2 aromatic carbocycles. The maximum Gasteiger partial charge on any atom is 0.320 e. The lowest BCUT2D eigenvalue weighted by molar-refractivity contribution is -0.169. The third kappa shape index (κ3) is 6.07. The molecule has 1 amide bonds. The van der Waals surface area contributed by atoms with E-state index in [-0.39, 0.29) is 24.1 Å². The predicted molar refractivity (Wildman–Crippen MR) is 135 cm³/mol. The first-order valence-electron chi connectivity index (χ1n) is 11.1. The lowest BCUT2D eigenvalue weighted by Crippen LogP contribution is -2.51. The van der Waals surface area contributed by atoms with Crippen LogP contribution in [0.1, 0.15) is 13.8 Å². The van der Waals surface area contributed by atoms with Crippen LogP contribution >= 0.6 is 11.6 Å². The zero-order chi connectivity index (χ0) is 25.9. The lowest BCUT2D eigenvalue weighted by atomic mass is 10.1. The number of hydrogen-bond acceptors (Lipinski definition) is 8. The lowest BCUT2D eigenvalue weighted by Gasteiger charge is -2.37. The van der Waals surface area contributed by atoms with Crippen LogP contribution in [-0.4, -0.2) is 58.6 Å². The molecule has 1 fully saturated rings. The van der Waals surface area contributed by atoms with Crippen LogP contribution in [0.5, 0.6) is 5.75 Å². The number of halogens is 2. The van der Waals surface area contributed by atoms with Gasteiger partial charge in [0.05, 0.1) is 22.8 Å². The Bertz CT molecular complexity index is 1330. The van der Waals surface area contributed by atoms with Gasteiger partial charge in [0.15, 0.2) is 0 Å². The highest BCUT2D eigenvalue weighted by molar-refractivity contribution is 6.31. The van der Waals surface area contributed by atoms with Gasteiger partial charge >= 0.3 is 5.97 Å². The Morgan fingerprint density at radius 2 is 2.14 bits per heavy atom. The molecular weight excluding hydrogens is 489 g/mol. The molecule has 1 aromatic heterocycles.